The molecule has 1 aromatic heterocycles. The van der Waals surface area contributed by atoms with Gasteiger partial charge in [0.15, 0.2) is 5.82 Å². The molecule has 1 fully saturated rings. The fourth-order valence-corrected chi connectivity index (χ4v) is 3.11. The van der Waals surface area contributed by atoms with Crippen molar-refractivity contribution in [2.45, 2.75) is 38.6 Å². The van der Waals surface area contributed by atoms with Crippen molar-refractivity contribution in [2.24, 2.45) is 7.05 Å². The van der Waals surface area contributed by atoms with E-state index >= 15 is 0 Å². The fourth-order valence-electron chi connectivity index (χ4n) is 3.11. The van der Waals surface area contributed by atoms with Crippen LogP contribution < -0.4 is 21.3 Å². The molecule has 3 amide bonds. The van der Waals surface area contributed by atoms with Crippen molar-refractivity contribution in [2.75, 3.05) is 23.7 Å². The van der Waals surface area contributed by atoms with E-state index < -0.39 is 0 Å². The maximum Gasteiger partial charge on any atom is 0.319 e. The third-order valence-corrected chi connectivity index (χ3v) is 4.51. The monoisotopic (exact) mass is 421 g/mol. The first-order valence-corrected chi connectivity index (χ1v) is 9.53. The molecule has 2 aromatic rings. The molecule has 10 heteroatoms. The lowest BCUT2D eigenvalue weighted by atomic mass is 9.98. The van der Waals surface area contributed by atoms with E-state index in [-0.39, 0.29) is 30.4 Å². The molecule has 0 unspecified atom stereocenters. The van der Waals surface area contributed by atoms with Crippen LogP contribution in [0, 0.1) is 0 Å². The first-order valence-electron chi connectivity index (χ1n) is 9.53. The second-order valence-corrected chi connectivity index (χ2v) is 7.23. The third-order valence-electron chi connectivity index (χ3n) is 4.51. The minimum Gasteiger partial charge on any atom is -0.336 e. The predicted octanol–water partition coefficient (Wildman–Crippen LogP) is 2.49. The highest BCUT2D eigenvalue weighted by molar-refractivity contribution is 6.04. The molecule has 29 heavy (non-hydrogen) atoms. The summed E-state index contributed by atoms with van der Waals surface area (Å²) in [5, 5.41) is 16.1. The van der Waals surface area contributed by atoms with Gasteiger partial charge in [0.1, 0.15) is 0 Å². The number of benzene rings is 1. The number of aryl methyl sites for hydroxylation is 1. The number of carbonyl (C=O) groups is 2. The molecular formula is C19H28ClN7O2. The molecule has 2 heterocycles. The number of nitrogens with zero attached hydrogens (tertiary/aromatic N) is 3. The van der Waals surface area contributed by atoms with Crippen molar-refractivity contribution in [3.8, 4) is 0 Å². The summed E-state index contributed by atoms with van der Waals surface area (Å²) in [5.41, 5.74) is 0.966. The quantitative estimate of drug-likeness (QED) is 0.592. The Balaban J connectivity index is 0.00000300. The predicted molar refractivity (Wildman–Crippen MR) is 115 cm³/mol. The molecule has 1 aromatic carbocycles. The van der Waals surface area contributed by atoms with Gasteiger partial charge >= 0.3 is 6.03 Å². The van der Waals surface area contributed by atoms with Crippen LogP contribution in [0.3, 0.4) is 0 Å². The summed E-state index contributed by atoms with van der Waals surface area (Å²) < 4.78 is 1.59. The number of nitrogens with one attached hydrogen (secondary N) is 4. The Morgan fingerprint density at radius 1 is 1.21 bits per heavy atom. The van der Waals surface area contributed by atoms with E-state index in [0.717, 1.165) is 31.8 Å². The maximum atomic E-state index is 12.6. The van der Waals surface area contributed by atoms with Crippen molar-refractivity contribution in [1.29, 1.82) is 0 Å². The molecule has 0 saturated carbocycles. The average Bonchev–Trinajstić information content (AvgIpc) is 3.02. The van der Waals surface area contributed by atoms with Crippen LogP contribution in [0.1, 0.15) is 48.8 Å². The van der Waals surface area contributed by atoms with E-state index in [1.54, 1.807) is 36.0 Å². The first-order chi connectivity index (χ1) is 13.4. The van der Waals surface area contributed by atoms with Crippen molar-refractivity contribution in [3.05, 3.63) is 35.7 Å². The van der Waals surface area contributed by atoms with Crippen LogP contribution >= 0.6 is 12.4 Å². The highest BCUT2D eigenvalue weighted by Crippen LogP contribution is 2.23. The zero-order valence-electron chi connectivity index (χ0n) is 16.9. The van der Waals surface area contributed by atoms with Gasteiger partial charge in [0, 0.05) is 30.3 Å². The average molecular weight is 422 g/mol. The largest absolute Gasteiger partial charge is 0.336 e. The van der Waals surface area contributed by atoms with Gasteiger partial charge in [0.25, 0.3) is 5.91 Å². The summed E-state index contributed by atoms with van der Waals surface area (Å²) in [6.07, 6.45) is 1.98. The van der Waals surface area contributed by atoms with Crippen molar-refractivity contribution < 1.29 is 9.59 Å². The minimum atomic E-state index is -0.313. The Morgan fingerprint density at radius 2 is 1.93 bits per heavy atom. The molecule has 0 bridgehead atoms. The van der Waals surface area contributed by atoms with Crippen LogP contribution in [0.15, 0.2) is 24.3 Å². The van der Waals surface area contributed by atoms with E-state index in [2.05, 4.69) is 31.3 Å². The number of piperidine rings is 1. The molecule has 9 nitrogen and oxygen atoms in total. The highest BCUT2D eigenvalue weighted by atomic mass is 35.5. The second kappa shape index (κ2) is 10.2. The number of halogens is 1. The number of urea groups is 1. The topological polar surface area (TPSA) is 113 Å². The maximum absolute atomic E-state index is 12.6. The lowest BCUT2D eigenvalue weighted by Gasteiger charge is -2.19. The van der Waals surface area contributed by atoms with Gasteiger partial charge in [0.05, 0.1) is 0 Å². The van der Waals surface area contributed by atoms with Crippen LogP contribution in [0.25, 0.3) is 0 Å². The number of hydrogen-bond donors (Lipinski definition) is 4. The van der Waals surface area contributed by atoms with Gasteiger partial charge in [-0.25, -0.2) is 9.48 Å². The van der Waals surface area contributed by atoms with Crippen LogP contribution in [0.5, 0.6) is 0 Å². The number of amides is 3. The van der Waals surface area contributed by atoms with Crippen LogP contribution in [-0.4, -0.2) is 45.8 Å². The van der Waals surface area contributed by atoms with Crippen molar-refractivity contribution >= 4 is 36.0 Å². The molecular weight excluding hydrogens is 394 g/mol. The lowest BCUT2D eigenvalue weighted by Crippen LogP contribution is -2.34. The van der Waals surface area contributed by atoms with E-state index in [9.17, 15) is 9.59 Å². The summed E-state index contributed by atoms with van der Waals surface area (Å²) in [6, 6.07) is 6.47. The molecule has 0 aliphatic carbocycles. The van der Waals surface area contributed by atoms with Gasteiger partial charge in [0.2, 0.25) is 5.95 Å². The molecule has 4 N–H and O–H groups in total. The smallest absolute Gasteiger partial charge is 0.319 e. The first kappa shape index (κ1) is 22.6. The Labute approximate surface area is 176 Å². The standard InChI is InChI=1S/C19H27N7O2.ClH/c1-12(2)21-19(28)22-15-6-4-5-14(11-15)17(27)24-18-23-16(25-26(18)3)13-7-9-20-10-8-13;/h4-6,11-13,20H,7-10H2,1-3H3,(H2,21,22,28)(H,23,24,25,27);1H. The normalized spacial score (nSPS) is 14.2. The SMILES string of the molecule is CC(C)NC(=O)Nc1cccc(C(=O)Nc2nc(C3CCNCC3)nn2C)c1.Cl. The van der Waals surface area contributed by atoms with Crippen molar-refractivity contribution in [1.82, 2.24) is 25.4 Å². The zero-order chi connectivity index (χ0) is 20.1. The number of anilines is 2. The molecule has 158 valence electrons. The van der Waals surface area contributed by atoms with Gasteiger partial charge in [-0.05, 0) is 58.0 Å². The Bertz CT molecular complexity index is 847. The zero-order valence-corrected chi connectivity index (χ0v) is 17.7. The summed E-state index contributed by atoms with van der Waals surface area (Å²) in [7, 11) is 1.77. The Morgan fingerprint density at radius 3 is 2.62 bits per heavy atom. The Hall–Kier alpha value is -2.65. The molecule has 0 spiro atoms. The van der Waals surface area contributed by atoms with Gasteiger partial charge in [-0.1, -0.05) is 6.07 Å². The van der Waals surface area contributed by atoms with E-state index in [1.165, 1.54) is 0 Å². The summed E-state index contributed by atoms with van der Waals surface area (Å²) >= 11 is 0. The minimum absolute atomic E-state index is 0. The van der Waals surface area contributed by atoms with Gasteiger partial charge in [-0.15, -0.1) is 12.4 Å². The summed E-state index contributed by atoms with van der Waals surface area (Å²) in [4.78, 5) is 29.0. The molecule has 1 aliphatic heterocycles. The van der Waals surface area contributed by atoms with Crippen LogP contribution in [0.4, 0.5) is 16.4 Å². The molecule has 0 radical (unpaired) electrons. The number of carbonyl (C=O) groups excluding carboxylic acids is 2. The van der Waals surface area contributed by atoms with Crippen LogP contribution in [-0.2, 0) is 7.05 Å². The van der Waals surface area contributed by atoms with E-state index in [1.807, 2.05) is 13.8 Å². The van der Waals surface area contributed by atoms with Crippen LogP contribution in [0.2, 0.25) is 0 Å². The highest BCUT2D eigenvalue weighted by Gasteiger charge is 2.21. The van der Waals surface area contributed by atoms with Gasteiger partial charge < -0.3 is 16.0 Å². The summed E-state index contributed by atoms with van der Waals surface area (Å²) in [6.45, 7) is 5.66. The number of rotatable bonds is 5. The lowest BCUT2D eigenvalue weighted by molar-refractivity contribution is 0.102. The molecule has 1 aliphatic rings. The van der Waals surface area contributed by atoms with Gasteiger partial charge in [-0.3, -0.25) is 10.1 Å². The number of hydrogen-bond acceptors (Lipinski definition) is 5. The number of aromatic nitrogens is 3. The second-order valence-electron chi connectivity index (χ2n) is 7.23. The van der Waals surface area contributed by atoms with E-state index in [4.69, 9.17) is 0 Å². The molecule has 0 atom stereocenters. The van der Waals surface area contributed by atoms with E-state index in [0.29, 0.717) is 23.1 Å². The van der Waals surface area contributed by atoms with Crippen molar-refractivity contribution in [3.63, 3.8) is 0 Å². The Kier molecular flexibility index (Phi) is 7.98. The summed E-state index contributed by atoms with van der Waals surface area (Å²) in [5.74, 6) is 1.18. The molecule has 3 rings (SSSR count). The fraction of sp³-hybridized carbons (Fsp3) is 0.474. The van der Waals surface area contributed by atoms with Gasteiger partial charge in [-0.2, -0.15) is 10.1 Å². The third kappa shape index (κ3) is 6.16. The molecule has 1 saturated heterocycles.